The standard InChI is InChI=1S/C20H26N2O4/c1-3-14-7-5-6-8-16(14)22-18(23)13-17(19(22)24)21-11-9-15(10-12-21)20(25)26-4-2/h5-8,15,17H,3-4,9-13H2,1-2H3/t17-/m0/s1. The minimum absolute atomic E-state index is 0.102. The first-order valence-electron chi connectivity index (χ1n) is 9.42. The van der Waals surface area contributed by atoms with Crippen LogP contribution in [0.3, 0.4) is 0 Å². The van der Waals surface area contributed by atoms with Gasteiger partial charge in [-0.1, -0.05) is 25.1 Å². The van der Waals surface area contributed by atoms with Crippen molar-refractivity contribution < 1.29 is 19.1 Å². The summed E-state index contributed by atoms with van der Waals surface area (Å²) in [5.74, 6) is -0.547. The van der Waals surface area contributed by atoms with Crippen LogP contribution in [0.25, 0.3) is 0 Å². The van der Waals surface area contributed by atoms with Gasteiger partial charge in [0.25, 0.3) is 5.91 Å². The number of carbonyl (C=O) groups excluding carboxylic acids is 3. The lowest BCUT2D eigenvalue weighted by molar-refractivity contribution is -0.149. The lowest BCUT2D eigenvalue weighted by Gasteiger charge is -2.33. The average molecular weight is 358 g/mol. The van der Waals surface area contributed by atoms with Gasteiger partial charge in [-0.05, 0) is 50.9 Å². The third kappa shape index (κ3) is 3.51. The predicted molar refractivity (Wildman–Crippen MR) is 97.6 cm³/mol. The summed E-state index contributed by atoms with van der Waals surface area (Å²) >= 11 is 0. The van der Waals surface area contributed by atoms with E-state index in [2.05, 4.69) is 0 Å². The van der Waals surface area contributed by atoms with E-state index in [4.69, 9.17) is 4.74 Å². The number of hydrogen-bond acceptors (Lipinski definition) is 5. The second kappa shape index (κ2) is 7.99. The van der Waals surface area contributed by atoms with Crippen LogP contribution in [-0.4, -0.2) is 48.4 Å². The Bertz CT molecular complexity index is 695. The topological polar surface area (TPSA) is 66.9 Å². The maximum atomic E-state index is 13.0. The Morgan fingerprint density at radius 3 is 2.50 bits per heavy atom. The molecule has 0 radical (unpaired) electrons. The zero-order chi connectivity index (χ0) is 18.7. The van der Waals surface area contributed by atoms with E-state index in [1.165, 1.54) is 4.90 Å². The van der Waals surface area contributed by atoms with Crippen LogP contribution in [0.1, 0.15) is 38.7 Å². The minimum Gasteiger partial charge on any atom is -0.466 e. The van der Waals surface area contributed by atoms with Crippen molar-refractivity contribution in [1.82, 2.24) is 4.90 Å². The van der Waals surface area contributed by atoms with E-state index in [1.54, 1.807) is 6.92 Å². The number of carbonyl (C=O) groups is 3. The first kappa shape index (κ1) is 18.6. The molecule has 2 fully saturated rings. The van der Waals surface area contributed by atoms with Crippen molar-refractivity contribution in [3.63, 3.8) is 0 Å². The highest BCUT2D eigenvalue weighted by molar-refractivity contribution is 6.22. The molecule has 2 heterocycles. The number of ether oxygens (including phenoxy) is 1. The van der Waals surface area contributed by atoms with Gasteiger partial charge >= 0.3 is 5.97 Å². The van der Waals surface area contributed by atoms with E-state index in [0.29, 0.717) is 38.2 Å². The summed E-state index contributed by atoms with van der Waals surface area (Å²) in [6, 6.07) is 7.14. The molecule has 140 valence electrons. The van der Waals surface area contributed by atoms with Crippen molar-refractivity contribution in [2.45, 2.75) is 45.6 Å². The van der Waals surface area contributed by atoms with Crippen LogP contribution < -0.4 is 4.90 Å². The molecule has 6 nitrogen and oxygen atoms in total. The number of amides is 2. The number of anilines is 1. The Kier molecular flexibility index (Phi) is 5.71. The van der Waals surface area contributed by atoms with Gasteiger partial charge in [-0.25, -0.2) is 4.90 Å². The van der Waals surface area contributed by atoms with Gasteiger partial charge in [-0.15, -0.1) is 0 Å². The van der Waals surface area contributed by atoms with Crippen LogP contribution >= 0.6 is 0 Å². The lowest BCUT2D eigenvalue weighted by atomic mass is 9.95. The molecule has 2 aliphatic rings. The monoisotopic (exact) mass is 358 g/mol. The van der Waals surface area contributed by atoms with E-state index in [1.807, 2.05) is 36.1 Å². The summed E-state index contributed by atoms with van der Waals surface area (Å²) in [6.07, 6.45) is 2.31. The summed E-state index contributed by atoms with van der Waals surface area (Å²) in [7, 11) is 0. The third-order valence-corrected chi connectivity index (χ3v) is 5.33. The van der Waals surface area contributed by atoms with Gasteiger partial charge in [-0.3, -0.25) is 19.3 Å². The first-order valence-corrected chi connectivity index (χ1v) is 9.42. The largest absolute Gasteiger partial charge is 0.466 e. The van der Waals surface area contributed by atoms with Crippen LogP contribution in [0, 0.1) is 5.92 Å². The van der Waals surface area contributed by atoms with Gasteiger partial charge in [-0.2, -0.15) is 0 Å². The molecule has 1 aromatic rings. The number of nitrogens with zero attached hydrogens (tertiary/aromatic N) is 2. The molecule has 1 aromatic carbocycles. The van der Waals surface area contributed by atoms with Gasteiger partial charge in [0, 0.05) is 0 Å². The van der Waals surface area contributed by atoms with E-state index < -0.39 is 6.04 Å². The number of rotatable bonds is 5. The number of likely N-dealkylation sites (tertiary alicyclic amines) is 1. The number of imide groups is 1. The fraction of sp³-hybridized carbons (Fsp3) is 0.550. The van der Waals surface area contributed by atoms with Crippen molar-refractivity contribution in [3.05, 3.63) is 29.8 Å². The molecular weight excluding hydrogens is 332 g/mol. The fourth-order valence-corrected chi connectivity index (χ4v) is 3.89. The maximum Gasteiger partial charge on any atom is 0.309 e. The molecule has 0 spiro atoms. The molecule has 2 saturated heterocycles. The number of aryl methyl sites for hydroxylation is 1. The first-order chi connectivity index (χ1) is 12.6. The van der Waals surface area contributed by atoms with Gasteiger partial charge in [0.05, 0.1) is 30.7 Å². The molecule has 0 bridgehead atoms. The molecule has 0 unspecified atom stereocenters. The number of hydrogen-bond donors (Lipinski definition) is 0. The molecule has 0 N–H and O–H groups in total. The number of para-hydroxylation sites is 1. The van der Waals surface area contributed by atoms with Crippen LogP contribution in [0.5, 0.6) is 0 Å². The minimum atomic E-state index is -0.421. The van der Waals surface area contributed by atoms with Gasteiger partial charge in [0.2, 0.25) is 5.91 Å². The summed E-state index contributed by atoms with van der Waals surface area (Å²) in [4.78, 5) is 40.8. The van der Waals surface area contributed by atoms with Crippen molar-refractivity contribution >= 4 is 23.5 Å². The molecular formula is C20H26N2O4. The van der Waals surface area contributed by atoms with Crippen LogP contribution in [0.15, 0.2) is 24.3 Å². The Morgan fingerprint density at radius 1 is 1.15 bits per heavy atom. The smallest absolute Gasteiger partial charge is 0.309 e. The molecule has 2 aliphatic heterocycles. The quantitative estimate of drug-likeness (QED) is 0.596. The Labute approximate surface area is 154 Å². The second-order valence-corrected chi connectivity index (χ2v) is 6.83. The molecule has 1 atom stereocenters. The molecule has 3 rings (SSSR count). The fourth-order valence-electron chi connectivity index (χ4n) is 3.89. The Balaban J connectivity index is 1.69. The van der Waals surface area contributed by atoms with Crippen LogP contribution in [0.4, 0.5) is 5.69 Å². The van der Waals surface area contributed by atoms with Crippen molar-refractivity contribution in [1.29, 1.82) is 0 Å². The third-order valence-electron chi connectivity index (χ3n) is 5.33. The highest BCUT2D eigenvalue weighted by Crippen LogP contribution is 2.31. The van der Waals surface area contributed by atoms with Crippen LogP contribution in [-0.2, 0) is 25.5 Å². The normalized spacial score (nSPS) is 22.1. The van der Waals surface area contributed by atoms with E-state index in [0.717, 1.165) is 12.0 Å². The predicted octanol–water partition coefficient (Wildman–Crippen LogP) is 2.16. The van der Waals surface area contributed by atoms with Crippen molar-refractivity contribution in [2.75, 3.05) is 24.6 Å². The van der Waals surface area contributed by atoms with Crippen LogP contribution in [0.2, 0.25) is 0 Å². The lowest BCUT2D eigenvalue weighted by Crippen LogP contribution is -2.47. The van der Waals surface area contributed by atoms with E-state index in [-0.39, 0.29) is 30.1 Å². The molecule has 0 saturated carbocycles. The number of piperidine rings is 1. The van der Waals surface area contributed by atoms with Gasteiger partial charge in [0.1, 0.15) is 0 Å². The second-order valence-electron chi connectivity index (χ2n) is 6.83. The summed E-state index contributed by atoms with van der Waals surface area (Å²) < 4.78 is 5.09. The Morgan fingerprint density at radius 2 is 1.85 bits per heavy atom. The Hall–Kier alpha value is -2.21. The summed E-state index contributed by atoms with van der Waals surface area (Å²) in [6.45, 7) is 5.48. The van der Waals surface area contributed by atoms with E-state index in [9.17, 15) is 14.4 Å². The highest BCUT2D eigenvalue weighted by Gasteiger charge is 2.44. The van der Waals surface area contributed by atoms with Crippen molar-refractivity contribution in [3.8, 4) is 0 Å². The average Bonchev–Trinajstić information content (AvgIpc) is 2.96. The molecule has 0 aromatic heterocycles. The summed E-state index contributed by atoms with van der Waals surface area (Å²) in [5, 5.41) is 0. The van der Waals surface area contributed by atoms with Gasteiger partial charge < -0.3 is 4.74 Å². The van der Waals surface area contributed by atoms with Crippen molar-refractivity contribution in [2.24, 2.45) is 5.92 Å². The van der Waals surface area contributed by atoms with Gasteiger partial charge in [0.15, 0.2) is 0 Å². The zero-order valence-electron chi connectivity index (χ0n) is 15.4. The molecule has 6 heteroatoms. The summed E-state index contributed by atoms with van der Waals surface area (Å²) in [5.41, 5.74) is 1.70. The highest BCUT2D eigenvalue weighted by atomic mass is 16.5. The number of esters is 1. The zero-order valence-corrected chi connectivity index (χ0v) is 15.4. The molecule has 26 heavy (non-hydrogen) atoms. The molecule has 0 aliphatic carbocycles. The molecule has 2 amide bonds. The number of benzene rings is 1. The SMILES string of the molecule is CCOC(=O)C1CCN([C@H]2CC(=O)N(c3ccccc3CC)C2=O)CC1. The maximum absolute atomic E-state index is 13.0. The van der Waals surface area contributed by atoms with E-state index >= 15 is 0 Å².